The van der Waals surface area contributed by atoms with E-state index in [4.69, 9.17) is 17.3 Å². The Hall–Kier alpha value is -0.0500. The van der Waals surface area contributed by atoms with Gasteiger partial charge in [0.1, 0.15) is 0 Å². The molecule has 0 radical (unpaired) electrons. The van der Waals surface area contributed by atoms with Crippen LogP contribution in [0, 0.1) is 5.92 Å². The number of nitrogens with two attached hydrogens (primary N) is 1. The van der Waals surface area contributed by atoms with E-state index in [1.165, 1.54) is 5.56 Å². The van der Waals surface area contributed by atoms with Crippen molar-refractivity contribution in [1.29, 1.82) is 0 Å². The Labute approximate surface area is 105 Å². The van der Waals surface area contributed by atoms with Gasteiger partial charge in [0.25, 0.3) is 0 Å². The molecule has 3 heteroatoms. The number of hydrogen-bond donors (Lipinski definition) is 1. The van der Waals surface area contributed by atoms with Gasteiger partial charge in [-0.05, 0) is 43.4 Å². The lowest BCUT2D eigenvalue weighted by Crippen LogP contribution is -2.19. The van der Waals surface area contributed by atoms with E-state index >= 15 is 0 Å². The number of benzene rings is 1. The molecule has 0 heterocycles. The minimum absolute atomic E-state index is 0.259. The van der Waals surface area contributed by atoms with E-state index in [-0.39, 0.29) is 6.04 Å². The maximum absolute atomic E-state index is 6.15. The van der Waals surface area contributed by atoms with Gasteiger partial charge < -0.3 is 5.73 Å². The molecule has 0 fully saturated rings. The molecule has 1 nitrogen and oxygen atoms in total. The molecule has 0 aliphatic rings. The van der Waals surface area contributed by atoms with Crippen LogP contribution >= 0.6 is 27.5 Å². The third kappa shape index (κ3) is 4.54. The van der Waals surface area contributed by atoms with Gasteiger partial charge in [0.15, 0.2) is 0 Å². The first-order chi connectivity index (χ1) is 6.99. The summed E-state index contributed by atoms with van der Waals surface area (Å²) >= 11 is 9.55. The topological polar surface area (TPSA) is 26.0 Å². The van der Waals surface area contributed by atoms with Gasteiger partial charge >= 0.3 is 0 Å². The van der Waals surface area contributed by atoms with Gasteiger partial charge in [0.05, 0.1) is 0 Å². The highest BCUT2D eigenvalue weighted by atomic mass is 79.9. The van der Waals surface area contributed by atoms with Crippen LogP contribution in [-0.2, 0) is 6.42 Å². The largest absolute Gasteiger partial charge is 0.328 e. The molecule has 1 rings (SSSR count). The van der Waals surface area contributed by atoms with Gasteiger partial charge in [0, 0.05) is 15.5 Å². The molecule has 0 bridgehead atoms. The Kier molecular flexibility index (Phi) is 5.10. The highest BCUT2D eigenvalue weighted by Gasteiger charge is 2.09. The Morgan fingerprint density at radius 1 is 1.40 bits per heavy atom. The average Bonchev–Trinajstić information content (AvgIpc) is 2.08. The van der Waals surface area contributed by atoms with E-state index in [9.17, 15) is 0 Å². The van der Waals surface area contributed by atoms with E-state index in [1.54, 1.807) is 0 Å². The lowest BCUT2D eigenvalue weighted by Gasteiger charge is -2.14. The summed E-state index contributed by atoms with van der Waals surface area (Å²) in [5, 5.41) is 0.834. The van der Waals surface area contributed by atoms with E-state index in [0.717, 1.165) is 22.3 Å². The average molecular weight is 291 g/mol. The Balaban J connectivity index is 2.64. The molecule has 0 aliphatic carbocycles. The zero-order valence-electron chi connectivity index (χ0n) is 9.13. The van der Waals surface area contributed by atoms with Gasteiger partial charge in [-0.15, -0.1) is 0 Å². The summed E-state index contributed by atoms with van der Waals surface area (Å²) < 4.78 is 1.02. The Bertz CT molecular complexity index is 325. The van der Waals surface area contributed by atoms with Crippen LogP contribution in [0.4, 0.5) is 0 Å². The van der Waals surface area contributed by atoms with E-state index in [0.29, 0.717) is 5.92 Å². The molecule has 1 aromatic rings. The number of halogens is 2. The quantitative estimate of drug-likeness (QED) is 0.890. The molecule has 2 atom stereocenters. The molecular weight excluding hydrogens is 273 g/mol. The fraction of sp³-hybridized carbons (Fsp3) is 0.500. The summed E-state index contributed by atoms with van der Waals surface area (Å²) in [5.74, 6) is 0.573. The molecule has 2 N–H and O–H groups in total. The zero-order chi connectivity index (χ0) is 11.4. The van der Waals surface area contributed by atoms with Crippen LogP contribution in [0.5, 0.6) is 0 Å². The molecule has 84 valence electrons. The predicted molar refractivity (Wildman–Crippen MR) is 70.3 cm³/mol. The number of rotatable bonds is 4. The van der Waals surface area contributed by atoms with Crippen LogP contribution in [0.3, 0.4) is 0 Å². The van der Waals surface area contributed by atoms with Crippen LogP contribution in [0.1, 0.15) is 25.8 Å². The monoisotopic (exact) mass is 289 g/mol. The molecule has 15 heavy (non-hydrogen) atoms. The molecule has 0 aliphatic heterocycles. The van der Waals surface area contributed by atoms with Crippen molar-refractivity contribution < 1.29 is 0 Å². The second-order valence-electron chi connectivity index (χ2n) is 4.26. The summed E-state index contributed by atoms with van der Waals surface area (Å²) in [5.41, 5.74) is 6.97. The van der Waals surface area contributed by atoms with Crippen molar-refractivity contribution in [3.05, 3.63) is 33.3 Å². The second kappa shape index (κ2) is 5.88. The minimum Gasteiger partial charge on any atom is -0.328 e. The summed E-state index contributed by atoms with van der Waals surface area (Å²) in [6.07, 6.45) is 2.03. The van der Waals surface area contributed by atoms with Crippen molar-refractivity contribution >= 4 is 27.5 Å². The highest BCUT2D eigenvalue weighted by Crippen LogP contribution is 2.24. The van der Waals surface area contributed by atoms with Crippen molar-refractivity contribution in [3.8, 4) is 0 Å². The van der Waals surface area contributed by atoms with Crippen molar-refractivity contribution in [1.82, 2.24) is 0 Å². The van der Waals surface area contributed by atoms with Crippen molar-refractivity contribution in [2.75, 3.05) is 0 Å². The Morgan fingerprint density at radius 3 is 2.60 bits per heavy atom. The SMILES string of the molecule is CC(N)CC(C)Cc1ccc(Br)cc1Cl. The Morgan fingerprint density at radius 2 is 2.07 bits per heavy atom. The van der Waals surface area contributed by atoms with Gasteiger partial charge in [-0.2, -0.15) is 0 Å². The fourth-order valence-corrected chi connectivity index (χ4v) is 2.53. The lowest BCUT2D eigenvalue weighted by molar-refractivity contribution is 0.480. The van der Waals surface area contributed by atoms with Crippen molar-refractivity contribution in [3.63, 3.8) is 0 Å². The lowest BCUT2D eigenvalue weighted by atomic mass is 9.95. The normalized spacial score (nSPS) is 15.0. The molecule has 0 saturated heterocycles. The molecule has 1 aromatic carbocycles. The van der Waals surface area contributed by atoms with Gasteiger partial charge in [-0.3, -0.25) is 0 Å². The van der Waals surface area contributed by atoms with Crippen molar-refractivity contribution in [2.24, 2.45) is 11.7 Å². The van der Waals surface area contributed by atoms with Crippen LogP contribution in [-0.4, -0.2) is 6.04 Å². The van der Waals surface area contributed by atoms with Crippen molar-refractivity contribution in [2.45, 2.75) is 32.7 Å². The smallest absolute Gasteiger partial charge is 0.0449 e. The first-order valence-corrected chi connectivity index (χ1v) is 6.35. The standard InChI is InChI=1S/C12H17BrClN/c1-8(5-9(2)15)6-10-3-4-11(13)7-12(10)14/h3-4,7-9H,5-6,15H2,1-2H3. The first-order valence-electron chi connectivity index (χ1n) is 5.18. The summed E-state index contributed by atoms with van der Waals surface area (Å²) in [4.78, 5) is 0. The summed E-state index contributed by atoms with van der Waals surface area (Å²) in [7, 11) is 0. The molecule has 0 saturated carbocycles. The van der Waals surface area contributed by atoms with E-state index in [2.05, 4.69) is 28.9 Å². The van der Waals surface area contributed by atoms with Gasteiger partial charge in [0.2, 0.25) is 0 Å². The van der Waals surface area contributed by atoms with Crippen LogP contribution in [0.2, 0.25) is 5.02 Å². The zero-order valence-corrected chi connectivity index (χ0v) is 11.5. The summed E-state index contributed by atoms with van der Waals surface area (Å²) in [6.45, 7) is 4.25. The van der Waals surface area contributed by atoms with E-state index < -0.39 is 0 Å². The van der Waals surface area contributed by atoms with Crippen LogP contribution in [0.15, 0.2) is 22.7 Å². The summed E-state index contributed by atoms with van der Waals surface area (Å²) in [6, 6.07) is 6.30. The first kappa shape index (κ1) is 13.0. The minimum atomic E-state index is 0.259. The number of hydrogen-bond acceptors (Lipinski definition) is 1. The highest BCUT2D eigenvalue weighted by molar-refractivity contribution is 9.10. The van der Waals surface area contributed by atoms with Crippen LogP contribution < -0.4 is 5.73 Å². The van der Waals surface area contributed by atoms with Gasteiger partial charge in [-0.1, -0.05) is 40.5 Å². The van der Waals surface area contributed by atoms with Crippen LogP contribution in [0.25, 0.3) is 0 Å². The van der Waals surface area contributed by atoms with E-state index in [1.807, 2.05) is 19.1 Å². The molecule has 2 unspecified atom stereocenters. The second-order valence-corrected chi connectivity index (χ2v) is 5.58. The third-order valence-corrected chi connectivity index (χ3v) is 3.20. The molecule has 0 aromatic heterocycles. The molecular formula is C12H17BrClN. The maximum Gasteiger partial charge on any atom is 0.0449 e. The maximum atomic E-state index is 6.15. The fourth-order valence-electron chi connectivity index (χ4n) is 1.78. The van der Waals surface area contributed by atoms with Gasteiger partial charge in [-0.25, -0.2) is 0 Å². The molecule has 0 amide bonds. The molecule has 0 spiro atoms. The predicted octanol–water partition coefficient (Wildman–Crippen LogP) is 4.02. The third-order valence-electron chi connectivity index (χ3n) is 2.36.